The first-order valence-corrected chi connectivity index (χ1v) is 6.78. The smallest absolute Gasteiger partial charge is 0.267 e. The molecule has 0 fully saturated rings. The second-order valence-corrected chi connectivity index (χ2v) is 5.05. The molecule has 0 aromatic heterocycles. The number of nitrogens with one attached hydrogen (secondary N) is 2. The van der Waals surface area contributed by atoms with Crippen molar-refractivity contribution in [3.05, 3.63) is 34.3 Å². The van der Waals surface area contributed by atoms with Crippen LogP contribution in [0.25, 0.3) is 0 Å². The number of rotatable bonds is 2. The number of hydrogen-bond acceptors (Lipinski definition) is 2. The van der Waals surface area contributed by atoms with Gasteiger partial charge >= 0.3 is 0 Å². The van der Waals surface area contributed by atoms with Gasteiger partial charge in [-0.3, -0.25) is 4.99 Å². The normalized spacial score (nSPS) is 16.6. The van der Waals surface area contributed by atoms with E-state index in [-0.39, 0.29) is 0 Å². The monoisotopic (exact) mass is 294 g/mol. The summed E-state index contributed by atoms with van der Waals surface area (Å²) in [6.45, 7) is 1.05. The van der Waals surface area contributed by atoms with Gasteiger partial charge in [0.25, 0.3) is 5.84 Å². The lowest BCUT2D eigenvalue weighted by atomic mass is 10.2. The molecule has 2 N–H and O–H groups in total. The van der Waals surface area contributed by atoms with Crippen molar-refractivity contribution >= 4 is 28.0 Å². The van der Waals surface area contributed by atoms with Gasteiger partial charge in [0.15, 0.2) is 0 Å². The van der Waals surface area contributed by atoms with E-state index in [4.69, 9.17) is 0 Å². The van der Waals surface area contributed by atoms with Gasteiger partial charge in [0, 0.05) is 4.47 Å². The lowest BCUT2D eigenvalue weighted by Crippen LogP contribution is -2.75. The molecule has 0 aliphatic carbocycles. The molecule has 0 saturated carbocycles. The Morgan fingerprint density at radius 1 is 1.18 bits per heavy atom. The molecule has 1 aromatic rings. The van der Waals surface area contributed by atoms with Gasteiger partial charge in [-0.1, -0.05) is 33.2 Å². The van der Waals surface area contributed by atoms with E-state index in [1.165, 1.54) is 19.3 Å². The highest BCUT2D eigenvalue weighted by Crippen LogP contribution is 2.08. The Balaban J connectivity index is 1.88. The predicted molar refractivity (Wildman–Crippen MR) is 74.2 cm³/mol. The highest BCUT2D eigenvalue weighted by atomic mass is 79.9. The fourth-order valence-corrected chi connectivity index (χ4v) is 2.02. The Bertz CT molecular complexity index is 409. The summed E-state index contributed by atoms with van der Waals surface area (Å²) in [6, 6.07) is 8.08. The number of halogens is 1. The first kappa shape index (κ1) is 12.3. The Morgan fingerprint density at radius 2 is 2.00 bits per heavy atom. The highest BCUT2D eigenvalue weighted by molar-refractivity contribution is 9.10. The Hall–Kier alpha value is -1.16. The zero-order chi connectivity index (χ0) is 11.9. The zero-order valence-corrected chi connectivity index (χ0v) is 11.3. The second-order valence-electron chi connectivity index (χ2n) is 4.14. The number of hydrogen-bond donors (Lipinski definition) is 2. The topological polar surface area (TPSA) is 38.4 Å². The average molecular weight is 295 g/mol. The molecule has 0 saturated heterocycles. The number of hydrazone groups is 1. The van der Waals surface area contributed by atoms with Crippen molar-refractivity contribution in [3.63, 3.8) is 0 Å². The largest absolute Gasteiger partial charge is 0.277 e. The van der Waals surface area contributed by atoms with Crippen LogP contribution in [0.5, 0.6) is 0 Å². The van der Waals surface area contributed by atoms with Crippen molar-refractivity contribution in [2.75, 3.05) is 6.54 Å². The van der Waals surface area contributed by atoms with E-state index >= 15 is 0 Å². The highest BCUT2D eigenvalue weighted by Gasteiger charge is 2.07. The summed E-state index contributed by atoms with van der Waals surface area (Å²) in [4.78, 5) is 3.36. The van der Waals surface area contributed by atoms with Crippen LogP contribution in [-0.4, -0.2) is 18.6 Å². The van der Waals surface area contributed by atoms with Gasteiger partial charge in [-0.05, 0) is 37.0 Å². The van der Waals surface area contributed by atoms with E-state index in [9.17, 15) is 0 Å². The van der Waals surface area contributed by atoms with Crippen molar-refractivity contribution in [1.29, 1.82) is 0 Å². The first-order chi connectivity index (χ1) is 8.34. The molecule has 2 rings (SSSR count). The van der Waals surface area contributed by atoms with Crippen molar-refractivity contribution in [3.8, 4) is 0 Å². The molecule has 0 spiro atoms. The van der Waals surface area contributed by atoms with Crippen LogP contribution in [0.3, 0.4) is 0 Å². The summed E-state index contributed by atoms with van der Waals surface area (Å²) in [7, 11) is 0. The van der Waals surface area contributed by atoms with Crippen molar-refractivity contribution in [1.82, 2.24) is 5.43 Å². The number of amidine groups is 1. The standard InChI is InChI=1S/C13H16BrN3/c14-12-7-5-11(6-8-12)10-16-17-13-4-2-1-3-9-15-13/h5-8,10H,1-4,9H2,(H,15,17)/p+1. The minimum absolute atomic E-state index is 1.05. The Labute approximate surface area is 110 Å². The summed E-state index contributed by atoms with van der Waals surface area (Å²) < 4.78 is 1.09. The molecule has 0 bridgehead atoms. The van der Waals surface area contributed by atoms with E-state index in [0.29, 0.717) is 0 Å². The molecule has 0 atom stereocenters. The maximum Gasteiger partial charge on any atom is 0.267 e. The SMILES string of the molecule is Brc1ccc(C=NNC2=[NH+]CCCCC2)cc1. The lowest BCUT2D eigenvalue weighted by molar-refractivity contribution is -0.459. The van der Waals surface area contributed by atoms with E-state index in [1.807, 2.05) is 30.5 Å². The van der Waals surface area contributed by atoms with Crippen molar-refractivity contribution in [2.45, 2.75) is 25.7 Å². The van der Waals surface area contributed by atoms with Crippen LogP contribution in [0.15, 0.2) is 33.8 Å². The summed E-state index contributed by atoms with van der Waals surface area (Å²) in [5.41, 5.74) is 4.18. The molecule has 0 unspecified atom stereocenters. The molecule has 1 aliphatic heterocycles. The minimum Gasteiger partial charge on any atom is -0.277 e. The van der Waals surface area contributed by atoms with Crippen LogP contribution in [0, 0.1) is 0 Å². The van der Waals surface area contributed by atoms with Gasteiger partial charge in [-0.25, -0.2) is 0 Å². The van der Waals surface area contributed by atoms with Crippen LogP contribution in [0.4, 0.5) is 0 Å². The van der Waals surface area contributed by atoms with Crippen LogP contribution in [0.2, 0.25) is 0 Å². The van der Waals surface area contributed by atoms with E-state index < -0.39 is 0 Å². The van der Waals surface area contributed by atoms with Gasteiger partial charge in [0.2, 0.25) is 0 Å². The third-order valence-corrected chi connectivity index (χ3v) is 3.25. The van der Waals surface area contributed by atoms with E-state index in [1.54, 1.807) is 0 Å². The lowest BCUT2D eigenvalue weighted by Gasteiger charge is -1.95. The summed E-state index contributed by atoms with van der Waals surface area (Å²) in [5.74, 6) is 1.14. The summed E-state index contributed by atoms with van der Waals surface area (Å²) >= 11 is 3.41. The molecule has 4 heteroatoms. The molecule has 1 heterocycles. The van der Waals surface area contributed by atoms with Gasteiger partial charge in [0.1, 0.15) is 0 Å². The fraction of sp³-hybridized carbons (Fsp3) is 0.385. The van der Waals surface area contributed by atoms with Crippen molar-refractivity contribution < 1.29 is 4.99 Å². The van der Waals surface area contributed by atoms with Gasteiger partial charge in [0.05, 0.1) is 19.2 Å². The minimum atomic E-state index is 1.05. The molecule has 17 heavy (non-hydrogen) atoms. The van der Waals surface area contributed by atoms with Crippen LogP contribution in [0.1, 0.15) is 31.2 Å². The van der Waals surface area contributed by atoms with Gasteiger partial charge < -0.3 is 0 Å². The molecular formula is C13H17BrN3+. The first-order valence-electron chi connectivity index (χ1n) is 5.99. The summed E-state index contributed by atoms with van der Waals surface area (Å²) in [5, 5.41) is 4.25. The van der Waals surface area contributed by atoms with Crippen molar-refractivity contribution in [2.24, 2.45) is 5.10 Å². The fourth-order valence-electron chi connectivity index (χ4n) is 1.76. The Morgan fingerprint density at radius 3 is 2.82 bits per heavy atom. The zero-order valence-electron chi connectivity index (χ0n) is 9.75. The molecule has 1 aromatic carbocycles. The molecule has 0 radical (unpaired) electrons. The maximum atomic E-state index is 4.25. The molecule has 0 amide bonds. The third kappa shape index (κ3) is 4.30. The quantitative estimate of drug-likeness (QED) is 0.628. The maximum absolute atomic E-state index is 4.25. The molecule has 90 valence electrons. The summed E-state index contributed by atoms with van der Waals surface area (Å²) in [6.07, 6.45) is 6.70. The second kappa shape index (κ2) is 6.55. The third-order valence-electron chi connectivity index (χ3n) is 2.73. The van der Waals surface area contributed by atoms with Crippen LogP contribution in [-0.2, 0) is 0 Å². The Kier molecular flexibility index (Phi) is 4.74. The molecule has 3 nitrogen and oxygen atoms in total. The van der Waals surface area contributed by atoms with E-state index in [0.717, 1.165) is 28.8 Å². The average Bonchev–Trinajstić information content (AvgIpc) is 2.60. The number of nitrogens with zero attached hydrogens (tertiary/aromatic N) is 1. The van der Waals surface area contributed by atoms with Gasteiger partial charge in [-0.15, -0.1) is 0 Å². The predicted octanol–water partition coefficient (Wildman–Crippen LogP) is 1.43. The van der Waals surface area contributed by atoms with Crippen LogP contribution >= 0.6 is 15.9 Å². The van der Waals surface area contributed by atoms with E-state index in [2.05, 4.69) is 31.4 Å². The number of benzene rings is 1. The molecular weight excluding hydrogens is 278 g/mol. The van der Waals surface area contributed by atoms with Gasteiger partial charge in [-0.2, -0.15) is 5.43 Å². The molecule has 1 aliphatic rings. The van der Waals surface area contributed by atoms with Crippen LogP contribution < -0.4 is 10.4 Å².